The standard InChI is InChI=1S/C14H17ClN2O2S/c15-10-5-1-2-7-12(10)20-9-13(18)17-8-4-3-6-11(17)14(16)19/h1-2,5,7,11H,3-4,6,8-9H2,(H2,16,19)/t11-/m0/s1. The minimum absolute atomic E-state index is 0.0570. The van der Waals surface area contributed by atoms with Crippen molar-refractivity contribution in [3.05, 3.63) is 29.3 Å². The van der Waals surface area contributed by atoms with Crippen LogP contribution in [0, 0.1) is 0 Å². The van der Waals surface area contributed by atoms with Crippen molar-refractivity contribution in [1.82, 2.24) is 4.90 Å². The molecule has 2 rings (SSSR count). The molecule has 0 unspecified atom stereocenters. The lowest BCUT2D eigenvalue weighted by Crippen LogP contribution is -2.51. The Kier molecular flexibility index (Phi) is 5.31. The molecule has 0 spiro atoms. The summed E-state index contributed by atoms with van der Waals surface area (Å²) in [7, 11) is 0. The lowest BCUT2D eigenvalue weighted by molar-refractivity contribution is -0.138. The molecule has 1 saturated heterocycles. The summed E-state index contributed by atoms with van der Waals surface area (Å²) >= 11 is 7.44. The van der Waals surface area contributed by atoms with Crippen molar-refractivity contribution in [3.63, 3.8) is 0 Å². The molecule has 0 bridgehead atoms. The Morgan fingerprint density at radius 3 is 2.80 bits per heavy atom. The van der Waals surface area contributed by atoms with Gasteiger partial charge in [-0.25, -0.2) is 0 Å². The van der Waals surface area contributed by atoms with E-state index in [0.717, 1.165) is 17.7 Å². The summed E-state index contributed by atoms with van der Waals surface area (Å²) in [5, 5.41) is 0.635. The number of hydrogen-bond acceptors (Lipinski definition) is 3. The van der Waals surface area contributed by atoms with Gasteiger partial charge in [-0.3, -0.25) is 9.59 Å². The predicted molar refractivity (Wildman–Crippen MR) is 80.7 cm³/mol. The van der Waals surface area contributed by atoms with E-state index in [-0.39, 0.29) is 11.7 Å². The van der Waals surface area contributed by atoms with Gasteiger partial charge in [0.25, 0.3) is 0 Å². The molecular formula is C14H17ClN2O2S. The maximum Gasteiger partial charge on any atom is 0.240 e. The van der Waals surface area contributed by atoms with E-state index in [1.165, 1.54) is 11.8 Å². The summed E-state index contributed by atoms with van der Waals surface area (Å²) in [6, 6.07) is 6.94. The molecule has 0 aromatic heterocycles. The third kappa shape index (κ3) is 3.67. The summed E-state index contributed by atoms with van der Waals surface area (Å²) in [6.45, 7) is 0.607. The molecule has 1 aliphatic heterocycles. The Bertz CT molecular complexity index is 510. The molecule has 2 N–H and O–H groups in total. The van der Waals surface area contributed by atoms with Crippen LogP contribution in [0.1, 0.15) is 19.3 Å². The highest BCUT2D eigenvalue weighted by molar-refractivity contribution is 8.00. The van der Waals surface area contributed by atoms with Gasteiger partial charge in [0.15, 0.2) is 0 Å². The van der Waals surface area contributed by atoms with Crippen LogP contribution in [0.25, 0.3) is 0 Å². The molecule has 2 amide bonds. The quantitative estimate of drug-likeness (QED) is 0.868. The summed E-state index contributed by atoms with van der Waals surface area (Å²) in [4.78, 5) is 26.1. The number of nitrogens with zero attached hydrogens (tertiary/aromatic N) is 1. The third-order valence-corrected chi connectivity index (χ3v) is 4.84. The van der Waals surface area contributed by atoms with Crippen molar-refractivity contribution < 1.29 is 9.59 Å². The second-order valence-electron chi connectivity index (χ2n) is 4.72. The minimum Gasteiger partial charge on any atom is -0.368 e. The second kappa shape index (κ2) is 6.99. The van der Waals surface area contributed by atoms with Crippen LogP contribution in [0.3, 0.4) is 0 Å². The molecule has 0 saturated carbocycles. The molecule has 1 atom stereocenters. The summed E-state index contributed by atoms with van der Waals surface area (Å²) < 4.78 is 0. The van der Waals surface area contributed by atoms with Crippen molar-refractivity contribution in [2.24, 2.45) is 5.73 Å². The maximum atomic E-state index is 12.3. The van der Waals surface area contributed by atoms with Gasteiger partial charge in [0.05, 0.1) is 10.8 Å². The van der Waals surface area contributed by atoms with Gasteiger partial charge in [0.1, 0.15) is 6.04 Å². The molecule has 1 aromatic rings. The first kappa shape index (κ1) is 15.2. The van der Waals surface area contributed by atoms with Crippen LogP contribution in [0.15, 0.2) is 29.2 Å². The SMILES string of the molecule is NC(=O)[C@@H]1CCCCN1C(=O)CSc1ccccc1Cl. The zero-order chi connectivity index (χ0) is 14.5. The first-order chi connectivity index (χ1) is 9.59. The topological polar surface area (TPSA) is 63.4 Å². The average molecular weight is 313 g/mol. The summed E-state index contributed by atoms with van der Waals surface area (Å²) in [5.74, 6) is -0.202. The number of likely N-dealkylation sites (tertiary alicyclic amines) is 1. The van der Waals surface area contributed by atoms with Crippen molar-refractivity contribution in [1.29, 1.82) is 0 Å². The van der Waals surface area contributed by atoms with E-state index < -0.39 is 11.9 Å². The fourth-order valence-corrected chi connectivity index (χ4v) is 3.43. The Balaban J connectivity index is 1.97. The van der Waals surface area contributed by atoms with Gasteiger partial charge in [-0.05, 0) is 31.4 Å². The number of carbonyl (C=O) groups excluding carboxylic acids is 2. The van der Waals surface area contributed by atoms with Crippen molar-refractivity contribution >= 4 is 35.2 Å². The number of primary amides is 1. The van der Waals surface area contributed by atoms with Gasteiger partial charge in [-0.2, -0.15) is 0 Å². The van der Waals surface area contributed by atoms with E-state index in [4.69, 9.17) is 17.3 Å². The van der Waals surface area contributed by atoms with E-state index in [1.807, 2.05) is 18.2 Å². The number of rotatable bonds is 4. The number of amides is 2. The second-order valence-corrected chi connectivity index (χ2v) is 6.14. The number of carbonyl (C=O) groups is 2. The van der Waals surface area contributed by atoms with Crippen LogP contribution in [-0.2, 0) is 9.59 Å². The van der Waals surface area contributed by atoms with E-state index in [9.17, 15) is 9.59 Å². The van der Waals surface area contributed by atoms with Crippen molar-refractivity contribution in [2.75, 3.05) is 12.3 Å². The van der Waals surface area contributed by atoms with Crippen molar-refractivity contribution in [3.8, 4) is 0 Å². The van der Waals surface area contributed by atoms with Crippen LogP contribution in [0.2, 0.25) is 5.02 Å². The van der Waals surface area contributed by atoms with Crippen molar-refractivity contribution in [2.45, 2.75) is 30.2 Å². The molecular weight excluding hydrogens is 296 g/mol. The summed E-state index contributed by atoms with van der Waals surface area (Å²) in [5.41, 5.74) is 5.37. The number of nitrogens with two attached hydrogens (primary N) is 1. The van der Waals surface area contributed by atoms with E-state index in [2.05, 4.69) is 0 Å². The Labute approximate surface area is 127 Å². The molecule has 1 fully saturated rings. The number of thioether (sulfide) groups is 1. The lowest BCUT2D eigenvalue weighted by Gasteiger charge is -2.33. The Morgan fingerprint density at radius 1 is 1.35 bits per heavy atom. The minimum atomic E-state index is -0.455. The molecule has 108 valence electrons. The highest BCUT2D eigenvalue weighted by atomic mass is 35.5. The van der Waals surface area contributed by atoms with Gasteiger partial charge in [-0.1, -0.05) is 23.7 Å². The first-order valence-electron chi connectivity index (χ1n) is 6.55. The highest BCUT2D eigenvalue weighted by Crippen LogP contribution is 2.27. The van der Waals surface area contributed by atoms with Crippen LogP contribution in [-0.4, -0.2) is 35.1 Å². The van der Waals surface area contributed by atoms with E-state index in [0.29, 0.717) is 18.0 Å². The number of benzene rings is 1. The van der Waals surface area contributed by atoms with Gasteiger partial charge in [0.2, 0.25) is 11.8 Å². The van der Waals surface area contributed by atoms with Gasteiger partial charge in [-0.15, -0.1) is 11.8 Å². The largest absolute Gasteiger partial charge is 0.368 e. The highest BCUT2D eigenvalue weighted by Gasteiger charge is 2.30. The van der Waals surface area contributed by atoms with Crippen LogP contribution in [0.5, 0.6) is 0 Å². The van der Waals surface area contributed by atoms with Gasteiger partial charge < -0.3 is 10.6 Å². The molecule has 0 aliphatic carbocycles. The smallest absolute Gasteiger partial charge is 0.240 e. The Hall–Kier alpha value is -1.20. The molecule has 1 aliphatic rings. The molecule has 0 radical (unpaired) electrons. The molecule has 20 heavy (non-hydrogen) atoms. The van der Waals surface area contributed by atoms with E-state index >= 15 is 0 Å². The number of piperidine rings is 1. The average Bonchev–Trinajstić information content (AvgIpc) is 2.46. The molecule has 1 heterocycles. The monoisotopic (exact) mass is 312 g/mol. The number of halogens is 1. The lowest BCUT2D eigenvalue weighted by atomic mass is 10.0. The zero-order valence-corrected chi connectivity index (χ0v) is 12.6. The summed E-state index contributed by atoms with van der Waals surface area (Å²) in [6.07, 6.45) is 2.53. The predicted octanol–water partition coefficient (Wildman–Crippen LogP) is 2.30. The van der Waals surface area contributed by atoms with Crippen LogP contribution >= 0.6 is 23.4 Å². The normalized spacial score (nSPS) is 18.9. The van der Waals surface area contributed by atoms with Crippen LogP contribution in [0.4, 0.5) is 0 Å². The molecule has 4 nitrogen and oxygen atoms in total. The molecule has 1 aromatic carbocycles. The number of hydrogen-bond donors (Lipinski definition) is 1. The van der Waals surface area contributed by atoms with Gasteiger partial charge in [0, 0.05) is 11.4 Å². The maximum absolute atomic E-state index is 12.3. The fourth-order valence-electron chi connectivity index (χ4n) is 2.31. The first-order valence-corrected chi connectivity index (χ1v) is 7.92. The van der Waals surface area contributed by atoms with Crippen LogP contribution < -0.4 is 5.73 Å². The third-order valence-electron chi connectivity index (χ3n) is 3.34. The fraction of sp³-hybridized carbons (Fsp3) is 0.429. The zero-order valence-electron chi connectivity index (χ0n) is 11.0. The van der Waals surface area contributed by atoms with E-state index in [1.54, 1.807) is 11.0 Å². The van der Waals surface area contributed by atoms with Gasteiger partial charge >= 0.3 is 0 Å². The molecule has 6 heteroatoms. The Morgan fingerprint density at radius 2 is 2.10 bits per heavy atom.